The van der Waals surface area contributed by atoms with Gasteiger partial charge in [0.05, 0.1) is 125 Å². The summed E-state index contributed by atoms with van der Waals surface area (Å²) in [5.74, 6) is -0.494. The number of likely N-dealkylation sites (N-methyl/N-ethyl adjacent to an activating group) is 1. The van der Waals surface area contributed by atoms with Crippen molar-refractivity contribution in [3.8, 4) is 0 Å². The Hall–Kier alpha value is -2.19. The molecular formula is C37H73N3O22. The maximum Gasteiger partial charge on any atom is 0.222 e. The minimum atomic E-state index is -2.02. The number of amides is 2. The maximum absolute atomic E-state index is 12.3. The van der Waals surface area contributed by atoms with Crippen LogP contribution in [0.25, 0.3) is 0 Å². The van der Waals surface area contributed by atoms with Crippen molar-refractivity contribution in [1.29, 1.82) is 0 Å². The van der Waals surface area contributed by atoms with Crippen LogP contribution in [0, 0.1) is 5.41 Å². The van der Waals surface area contributed by atoms with Gasteiger partial charge in [0.2, 0.25) is 37.0 Å². The van der Waals surface area contributed by atoms with Crippen molar-refractivity contribution >= 4 is 18.1 Å². The van der Waals surface area contributed by atoms with Crippen LogP contribution in [0.1, 0.15) is 33.1 Å². The molecule has 0 aliphatic carbocycles. The molecule has 0 saturated heterocycles. The molecule has 0 bridgehead atoms. The lowest BCUT2D eigenvalue weighted by Crippen LogP contribution is -2.43. The third-order valence-corrected chi connectivity index (χ3v) is 7.96. The average molecular weight is 912 g/mol. The van der Waals surface area contributed by atoms with Gasteiger partial charge >= 0.3 is 0 Å². The number of nitrogens with zero attached hydrogens (tertiary/aromatic N) is 1. The van der Waals surface area contributed by atoms with Crippen LogP contribution >= 0.6 is 0 Å². The van der Waals surface area contributed by atoms with Gasteiger partial charge in [-0.3, -0.25) is 9.59 Å². The van der Waals surface area contributed by atoms with E-state index < -0.39 is 62.2 Å². The Morgan fingerprint density at radius 1 is 0.613 bits per heavy atom. The van der Waals surface area contributed by atoms with E-state index in [1.807, 2.05) is 6.92 Å². The molecule has 368 valence electrons. The SMILES string of the molecule is CC(O)C(CO)OC(OCCOCCOCCNC(=O)CCOCC(C)(COCCC=O)COCCC(=O)NCCOCCOCCOC(OC(CO)N(C)O)C(O)O)C(O)O. The van der Waals surface area contributed by atoms with Gasteiger partial charge in [-0.1, -0.05) is 6.92 Å². The topological polar surface area (TPSA) is 342 Å². The predicted molar refractivity (Wildman–Crippen MR) is 211 cm³/mol. The van der Waals surface area contributed by atoms with Crippen LogP contribution in [0.5, 0.6) is 0 Å². The van der Waals surface area contributed by atoms with E-state index in [0.29, 0.717) is 5.06 Å². The summed E-state index contributed by atoms with van der Waals surface area (Å²) in [5, 5.41) is 80.6. The fraction of sp³-hybridized carbons (Fsp3) is 0.919. The monoisotopic (exact) mass is 911 g/mol. The zero-order chi connectivity index (χ0) is 46.4. The van der Waals surface area contributed by atoms with Gasteiger partial charge in [0.1, 0.15) is 12.4 Å². The van der Waals surface area contributed by atoms with Crippen LogP contribution in [0.2, 0.25) is 0 Å². The molecule has 0 aliphatic heterocycles. The minimum absolute atomic E-state index is 0.0576. The third-order valence-electron chi connectivity index (χ3n) is 7.96. The predicted octanol–water partition coefficient (Wildman–Crippen LogP) is -4.57. The number of ether oxygens (including phenoxy) is 11. The van der Waals surface area contributed by atoms with Gasteiger partial charge in [-0.05, 0) is 6.92 Å². The third kappa shape index (κ3) is 33.3. The van der Waals surface area contributed by atoms with Crippen molar-refractivity contribution in [2.45, 2.75) is 76.7 Å². The quantitative estimate of drug-likeness (QED) is 0.0119. The zero-order valence-electron chi connectivity index (χ0n) is 36.1. The number of aliphatic hydroxyl groups excluding tert-OH is 5. The lowest BCUT2D eigenvalue weighted by molar-refractivity contribution is -0.320. The smallest absolute Gasteiger partial charge is 0.222 e. The highest BCUT2D eigenvalue weighted by Gasteiger charge is 2.28. The highest BCUT2D eigenvalue weighted by atomic mass is 16.7. The van der Waals surface area contributed by atoms with Crippen LogP contribution < -0.4 is 10.6 Å². The van der Waals surface area contributed by atoms with Crippen LogP contribution in [-0.2, 0) is 66.5 Å². The number of aldehydes is 1. The molecule has 25 heteroatoms. The molecule has 0 rings (SSSR count). The number of carbonyl (C=O) groups excluding carboxylic acids is 3. The fourth-order valence-electron chi connectivity index (χ4n) is 4.61. The number of aliphatic hydroxyl groups is 7. The van der Waals surface area contributed by atoms with E-state index in [4.69, 9.17) is 57.2 Å². The second kappa shape index (κ2) is 39.2. The number of hydroxylamine groups is 2. The van der Waals surface area contributed by atoms with Crippen LogP contribution in [-0.4, -0.2) is 247 Å². The fourth-order valence-corrected chi connectivity index (χ4v) is 4.61. The molecule has 0 heterocycles. The van der Waals surface area contributed by atoms with E-state index in [9.17, 15) is 50.2 Å². The first-order valence-corrected chi connectivity index (χ1v) is 20.3. The summed E-state index contributed by atoms with van der Waals surface area (Å²) in [7, 11) is 1.21. The zero-order valence-corrected chi connectivity index (χ0v) is 36.1. The van der Waals surface area contributed by atoms with E-state index in [2.05, 4.69) is 10.6 Å². The Balaban J connectivity index is 4.14. The molecule has 0 saturated carbocycles. The number of hydrogen-bond acceptors (Lipinski definition) is 23. The molecule has 0 spiro atoms. The first-order chi connectivity index (χ1) is 29.7. The van der Waals surface area contributed by atoms with Crippen LogP contribution in [0.4, 0.5) is 0 Å². The van der Waals surface area contributed by atoms with Crippen LogP contribution in [0.3, 0.4) is 0 Å². The van der Waals surface area contributed by atoms with Crippen molar-refractivity contribution < 1.29 is 107 Å². The second-order valence-corrected chi connectivity index (χ2v) is 13.8. The second-order valence-electron chi connectivity index (χ2n) is 13.8. The Morgan fingerprint density at radius 2 is 1.03 bits per heavy atom. The number of hydrogen-bond donors (Lipinski definition) is 10. The van der Waals surface area contributed by atoms with E-state index in [0.717, 1.165) is 6.29 Å². The first kappa shape index (κ1) is 59.8. The molecule has 0 fully saturated rings. The summed E-state index contributed by atoms with van der Waals surface area (Å²) in [5.41, 5.74) is -0.632. The standard InChI is InChI=1S/C37H73N3O22/c1-28(44)29(23-42)61-35(33(47)48)59-21-19-54-17-15-52-13-7-38-30(45)5-11-57-26-37(2,25-56-10-4-9-41)27-58-12-6-31(46)39-8-14-53-16-18-55-20-22-60-36(34(49)50)62-32(24-43)40(3)51/h9,28-29,32-36,42-44,47-51H,4-8,10-27H2,1-3H3,(H,38,45)(H,39,46). The van der Waals surface area contributed by atoms with Gasteiger partial charge in [0.15, 0.2) is 6.23 Å². The number of rotatable bonds is 45. The Kier molecular flexibility index (Phi) is 37.8. The summed E-state index contributed by atoms with van der Waals surface area (Å²) in [6, 6.07) is 0. The Morgan fingerprint density at radius 3 is 1.42 bits per heavy atom. The summed E-state index contributed by atoms with van der Waals surface area (Å²) < 4.78 is 59.2. The minimum Gasteiger partial charge on any atom is -0.394 e. The van der Waals surface area contributed by atoms with Gasteiger partial charge in [-0.25, -0.2) is 0 Å². The highest BCUT2D eigenvalue weighted by Crippen LogP contribution is 2.19. The highest BCUT2D eigenvalue weighted by molar-refractivity contribution is 5.76. The van der Waals surface area contributed by atoms with E-state index in [1.165, 1.54) is 14.0 Å². The van der Waals surface area contributed by atoms with Crippen LogP contribution in [0.15, 0.2) is 0 Å². The van der Waals surface area contributed by atoms with Crippen molar-refractivity contribution in [3.05, 3.63) is 0 Å². The van der Waals surface area contributed by atoms with Crippen molar-refractivity contribution in [1.82, 2.24) is 15.7 Å². The summed E-state index contributed by atoms with van der Waals surface area (Å²) in [6.07, 6.45) is -9.20. The van der Waals surface area contributed by atoms with Gasteiger partial charge in [-0.15, -0.1) is 0 Å². The molecular weight excluding hydrogens is 838 g/mol. The number of carbonyl (C=O) groups is 3. The maximum atomic E-state index is 12.3. The van der Waals surface area contributed by atoms with Crippen molar-refractivity contribution in [2.75, 3.05) is 139 Å². The first-order valence-electron chi connectivity index (χ1n) is 20.3. The van der Waals surface area contributed by atoms with E-state index >= 15 is 0 Å². The van der Waals surface area contributed by atoms with E-state index in [1.54, 1.807) is 0 Å². The lowest BCUT2D eigenvalue weighted by Gasteiger charge is -2.29. The molecule has 0 radical (unpaired) electrons. The van der Waals surface area contributed by atoms with Gasteiger partial charge in [0, 0.05) is 44.8 Å². The number of nitrogens with one attached hydrogen (secondary N) is 2. The van der Waals surface area contributed by atoms with E-state index in [-0.39, 0.29) is 150 Å². The van der Waals surface area contributed by atoms with Crippen molar-refractivity contribution in [2.24, 2.45) is 5.41 Å². The van der Waals surface area contributed by atoms with Gasteiger partial charge in [-0.2, -0.15) is 5.06 Å². The molecule has 0 aromatic carbocycles. The van der Waals surface area contributed by atoms with Crippen molar-refractivity contribution in [3.63, 3.8) is 0 Å². The summed E-state index contributed by atoms with van der Waals surface area (Å²) in [4.78, 5) is 35.2. The Bertz CT molecular complexity index is 1010. The molecule has 0 aromatic heterocycles. The Labute approximate surface area is 362 Å². The lowest BCUT2D eigenvalue weighted by atomic mass is 9.94. The molecule has 6 unspecified atom stereocenters. The van der Waals surface area contributed by atoms with Gasteiger partial charge in [0.25, 0.3) is 0 Å². The largest absolute Gasteiger partial charge is 0.394 e. The molecule has 62 heavy (non-hydrogen) atoms. The summed E-state index contributed by atoms with van der Waals surface area (Å²) in [6.45, 7) is 4.96. The normalized spacial score (nSPS) is 15.4. The summed E-state index contributed by atoms with van der Waals surface area (Å²) >= 11 is 0. The van der Waals surface area contributed by atoms with Gasteiger partial charge < -0.3 is 108 Å². The molecule has 25 nitrogen and oxygen atoms in total. The molecule has 2 amide bonds. The molecule has 6 atom stereocenters. The molecule has 0 aliphatic rings. The molecule has 0 aromatic rings. The molecule has 10 N–H and O–H groups in total. The average Bonchev–Trinajstić information content (AvgIpc) is 3.22.